The van der Waals surface area contributed by atoms with E-state index in [-0.39, 0.29) is 11.9 Å². The van der Waals surface area contributed by atoms with Crippen molar-refractivity contribution in [3.05, 3.63) is 59.4 Å². The first-order valence-electron chi connectivity index (χ1n) is 12.1. The SMILES string of the molecule is Cc1nn(-c2ccc(C(N)=O)c(NC3CCN(S(=O)(=O)n4ccnc4)CC3)c2)c2c1C(=O)NC(C)(C)C2. The number of piperidine rings is 1. The highest BCUT2D eigenvalue weighted by atomic mass is 32.2. The van der Waals surface area contributed by atoms with Gasteiger partial charge in [0.05, 0.1) is 28.2 Å². The standard InChI is InChI=1S/C24H30N8O4S/c1-15-21-20(13-24(2,3)28-23(21)34)32(29-15)17-4-5-18(22(25)33)19(12-17)27-16-6-9-30(10-7-16)37(35,36)31-11-8-26-14-31/h4-5,8,11-12,14,16,27H,6-7,9-10,13H2,1-3H3,(H2,25,33)(H,28,34). The molecule has 0 saturated carbocycles. The predicted octanol–water partition coefficient (Wildman–Crippen LogP) is 1.21. The van der Waals surface area contributed by atoms with Crippen LogP contribution in [0.4, 0.5) is 5.69 Å². The van der Waals surface area contributed by atoms with E-state index in [0.29, 0.717) is 60.5 Å². The van der Waals surface area contributed by atoms with Gasteiger partial charge in [-0.1, -0.05) is 0 Å². The minimum Gasteiger partial charge on any atom is -0.382 e. The van der Waals surface area contributed by atoms with Crippen LogP contribution in [0.1, 0.15) is 58.8 Å². The second-order valence-corrected chi connectivity index (χ2v) is 12.0. The van der Waals surface area contributed by atoms with Crippen molar-refractivity contribution >= 4 is 27.7 Å². The number of aryl methyl sites for hydroxylation is 1. The third-order valence-electron chi connectivity index (χ3n) is 6.84. The van der Waals surface area contributed by atoms with Gasteiger partial charge in [-0.25, -0.2) is 13.6 Å². The summed E-state index contributed by atoms with van der Waals surface area (Å²) in [5.41, 5.74) is 8.81. The van der Waals surface area contributed by atoms with Gasteiger partial charge in [0, 0.05) is 49.2 Å². The number of carbonyl (C=O) groups excluding carboxylic acids is 2. The summed E-state index contributed by atoms with van der Waals surface area (Å²) >= 11 is 0. The van der Waals surface area contributed by atoms with Crippen LogP contribution < -0.4 is 16.4 Å². The highest BCUT2D eigenvalue weighted by molar-refractivity contribution is 7.87. The molecular formula is C24H30N8O4S. The van der Waals surface area contributed by atoms with E-state index in [2.05, 4.69) is 20.7 Å². The molecule has 37 heavy (non-hydrogen) atoms. The molecule has 0 unspecified atom stereocenters. The van der Waals surface area contributed by atoms with E-state index in [1.165, 1.54) is 23.0 Å². The van der Waals surface area contributed by atoms with Crippen molar-refractivity contribution in [2.45, 2.75) is 51.6 Å². The number of nitrogens with zero attached hydrogens (tertiary/aromatic N) is 5. The van der Waals surface area contributed by atoms with E-state index in [1.54, 1.807) is 29.8 Å². The van der Waals surface area contributed by atoms with Crippen molar-refractivity contribution in [1.29, 1.82) is 0 Å². The number of benzene rings is 1. The molecule has 12 nitrogen and oxygen atoms in total. The van der Waals surface area contributed by atoms with Gasteiger partial charge in [0.15, 0.2) is 0 Å². The molecule has 196 valence electrons. The van der Waals surface area contributed by atoms with Crippen LogP contribution in [0, 0.1) is 6.92 Å². The molecule has 4 N–H and O–H groups in total. The van der Waals surface area contributed by atoms with Crippen LogP contribution in [-0.4, -0.2) is 67.9 Å². The molecule has 0 aliphatic carbocycles. The van der Waals surface area contributed by atoms with E-state index in [4.69, 9.17) is 5.73 Å². The van der Waals surface area contributed by atoms with Gasteiger partial charge < -0.3 is 16.4 Å². The number of hydrogen-bond acceptors (Lipinski definition) is 7. The van der Waals surface area contributed by atoms with Crippen LogP contribution in [0.15, 0.2) is 36.9 Å². The van der Waals surface area contributed by atoms with Crippen molar-refractivity contribution in [1.82, 2.24) is 28.4 Å². The third kappa shape index (κ3) is 4.60. The zero-order valence-electron chi connectivity index (χ0n) is 20.9. The van der Waals surface area contributed by atoms with E-state index in [9.17, 15) is 18.0 Å². The Bertz CT molecular complexity index is 1470. The predicted molar refractivity (Wildman–Crippen MR) is 137 cm³/mol. The molecule has 1 aromatic carbocycles. The summed E-state index contributed by atoms with van der Waals surface area (Å²) < 4.78 is 29.8. The average Bonchev–Trinajstić information content (AvgIpc) is 3.47. The van der Waals surface area contributed by atoms with Crippen LogP contribution in [0.25, 0.3) is 5.69 Å². The van der Waals surface area contributed by atoms with Gasteiger partial charge in [0.2, 0.25) is 0 Å². The van der Waals surface area contributed by atoms with E-state index >= 15 is 0 Å². The number of primary amides is 1. The molecule has 13 heteroatoms. The van der Waals surface area contributed by atoms with Crippen LogP contribution in [0.2, 0.25) is 0 Å². The number of fused-ring (bicyclic) bond motifs is 1. The minimum atomic E-state index is -3.66. The molecule has 2 aromatic heterocycles. The van der Waals surface area contributed by atoms with Gasteiger partial charge in [-0.2, -0.15) is 17.8 Å². The zero-order chi connectivity index (χ0) is 26.5. The minimum absolute atomic E-state index is 0.0689. The smallest absolute Gasteiger partial charge is 0.308 e. The zero-order valence-corrected chi connectivity index (χ0v) is 21.7. The Balaban J connectivity index is 1.40. The molecule has 0 radical (unpaired) electrons. The molecule has 0 bridgehead atoms. The summed E-state index contributed by atoms with van der Waals surface area (Å²) in [7, 11) is -3.66. The van der Waals surface area contributed by atoms with Crippen LogP contribution in [0.3, 0.4) is 0 Å². The van der Waals surface area contributed by atoms with E-state index in [0.717, 1.165) is 9.67 Å². The number of nitrogens with two attached hydrogens (primary N) is 1. The van der Waals surface area contributed by atoms with Crippen LogP contribution in [-0.2, 0) is 16.6 Å². The summed E-state index contributed by atoms with van der Waals surface area (Å²) in [4.78, 5) is 28.7. The molecule has 2 aliphatic rings. The second kappa shape index (κ2) is 8.99. The maximum absolute atomic E-state index is 12.8. The van der Waals surface area contributed by atoms with E-state index in [1.807, 2.05) is 13.8 Å². The molecule has 3 aromatic rings. The Labute approximate surface area is 215 Å². The number of anilines is 1. The molecule has 2 amide bonds. The largest absolute Gasteiger partial charge is 0.382 e. The van der Waals surface area contributed by atoms with Gasteiger partial charge in [0.1, 0.15) is 6.33 Å². The van der Waals surface area contributed by atoms with Crippen molar-refractivity contribution in [3.8, 4) is 5.69 Å². The van der Waals surface area contributed by atoms with Gasteiger partial charge in [-0.15, -0.1) is 0 Å². The topological polar surface area (TPSA) is 157 Å². The number of imidazole rings is 1. The van der Waals surface area contributed by atoms with Gasteiger partial charge in [0.25, 0.3) is 11.8 Å². The summed E-state index contributed by atoms with van der Waals surface area (Å²) in [6.45, 7) is 6.36. The number of aromatic nitrogens is 4. The van der Waals surface area contributed by atoms with Crippen molar-refractivity contribution in [2.75, 3.05) is 18.4 Å². The fraction of sp³-hybridized carbons (Fsp3) is 0.417. The van der Waals surface area contributed by atoms with Crippen molar-refractivity contribution in [2.24, 2.45) is 5.73 Å². The Morgan fingerprint density at radius 2 is 1.97 bits per heavy atom. The number of amides is 2. The summed E-state index contributed by atoms with van der Waals surface area (Å²) in [6, 6.07) is 5.15. The molecule has 0 atom stereocenters. The monoisotopic (exact) mass is 526 g/mol. The number of carbonyl (C=O) groups is 2. The Kier molecular flexibility index (Phi) is 6.07. The Hall–Kier alpha value is -3.71. The number of nitrogens with one attached hydrogen (secondary N) is 2. The summed E-state index contributed by atoms with van der Waals surface area (Å²) in [5.74, 6) is -0.729. The van der Waals surface area contributed by atoms with E-state index < -0.39 is 21.7 Å². The van der Waals surface area contributed by atoms with Crippen molar-refractivity contribution < 1.29 is 18.0 Å². The summed E-state index contributed by atoms with van der Waals surface area (Å²) in [5, 5.41) is 11.0. The molecule has 1 fully saturated rings. The van der Waals surface area contributed by atoms with Gasteiger partial charge in [-0.3, -0.25) is 9.59 Å². The maximum atomic E-state index is 12.8. The summed E-state index contributed by atoms with van der Waals surface area (Å²) in [6.07, 6.45) is 5.78. The first kappa shape index (κ1) is 25.0. The lowest BCUT2D eigenvalue weighted by Crippen LogP contribution is -2.49. The van der Waals surface area contributed by atoms with Crippen LogP contribution in [0.5, 0.6) is 0 Å². The second-order valence-electron chi connectivity index (χ2n) is 10.1. The highest BCUT2D eigenvalue weighted by Gasteiger charge is 2.35. The Morgan fingerprint density at radius 3 is 2.62 bits per heavy atom. The normalized spacial score (nSPS) is 18.3. The molecule has 2 aliphatic heterocycles. The lowest BCUT2D eigenvalue weighted by atomic mass is 9.90. The fourth-order valence-corrected chi connectivity index (χ4v) is 6.37. The quantitative estimate of drug-likeness (QED) is 0.436. The Morgan fingerprint density at radius 1 is 1.24 bits per heavy atom. The van der Waals surface area contributed by atoms with Gasteiger partial charge in [-0.05, 0) is 51.8 Å². The first-order valence-corrected chi connectivity index (χ1v) is 13.5. The highest BCUT2D eigenvalue weighted by Crippen LogP contribution is 2.30. The number of rotatable bonds is 6. The first-order chi connectivity index (χ1) is 17.5. The molecule has 1 saturated heterocycles. The fourth-order valence-electron chi connectivity index (χ4n) is 5.05. The molecule has 0 spiro atoms. The maximum Gasteiger partial charge on any atom is 0.308 e. The van der Waals surface area contributed by atoms with Gasteiger partial charge >= 0.3 is 10.2 Å². The molecule has 5 rings (SSSR count). The molecule has 4 heterocycles. The lowest BCUT2D eigenvalue weighted by Gasteiger charge is -2.32. The third-order valence-corrected chi connectivity index (χ3v) is 8.61. The number of hydrogen-bond donors (Lipinski definition) is 3. The molecular weight excluding hydrogens is 496 g/mol. The lowest BCUT2D eigenvalue weighted by molar-refractivity contribution is 0.0894. The van der Waals surface area contributed by atoms with Crippen molar-refractivity contribution in [3.63, 3.8) is 0 Å². The average molecular weight is 527 g/mol. The van der Waals surface area contributed by atoms with Crippen LogP contribution >= 0.6 is 0 Å².